The molecule has 1 amide bonds. The number of rotatable bonds is 2. The highest BCUT2D eigenvalue weighted by Gasteiger charge is 2.29. The Balaban J connectivity index is 1.51. The smallest absolute Gasteiger partial charge is 0.276 e. The largest absolute Gasteiger partial charge is 0.445 e. The molecule has 22 heavy (non-hydrogen) atoms. The molecule has 2 aromatic heterocycles. The predicted molar refractivity (Wildman–Crippen MR) is 74.1 cm³/mol. The molecule has 1 N–H and O–H groups in total. The summed E-state index contributed by atoms with van der Waals surface area (Å²) in [6.45, 7) is 2.60. The van der Waals surface area contributed by atoms with Gasteiger partial charge >= 0.3 is 0 Å². The van der Waals surface area contributed by atoms with Crippen molar-refractivity contribution >= 4 is 5.91 Å². The number of oxazole rings is 1. The number of carbonyl (C=O) groups excluding carboxylic acids is 1. The fourth-order valence-electron chi connectivity index (χ4n) is 2.98. The highest BCUT2D eigenvalue weighted by Crippen LogP contribution is 2.30. The third-order valence-corrected chi connectivity index (χ3v) is 4.24. The van der Waals surface area contributed by atoms with E-state index in [0.717, 1.165) is 43.4 Å². The number of nitrogens with one attached hydrogen (secondary N) is 1. The lowest BCUT2D eigenvalue weighted by atomic mass is 10.0. The number of hydrogen-bond acceptors (Lipinski definition) is 6. The topological polar surface area (TPSA) is 97.1 Å². The first kappa shape index (κ1) is 13.4. The van der Waals surface area contributed by atoms with Crippen molar-refractivity contribution in [2.45, 2.75) is 31.7 Å². The number of ether oxygens (including phenoxy) is 1. The van der Waals surface area contributed by atoms with Crippen LogP contribution in [0.25, 0.3) is 0 Å². The summed E-state index contributed by atoms with van der Waals surface area (Å²) in [5, 5.41) is 9.98. The lowest BCUT2D eigenvalue weighted by Crippen LogP contribution is -2.36. The molecule has 0 aliphatic carbocycles. The van der Waals surface area contributed by atoms with Gasteiger partial charge in [0, 0.05) is 32.1 Å². The second-order valence-electron chi connectivity index (χ2n) is 5.64. The van der Waals surface area contributed by atoms with Crippen LogP contribution in [-0.2, 0) is 17.7 Å². The number of aromatic amines is 1. The number of nitrogens with zero attached hydrogens (tertiary/aromatic N) is 4. The maximum Gasteiger partial charge on any atom is 0.276 e. The van der Waals surface area contributed by atoms with Gasteiger partial charge in [0.1, 0.15) is 11.5 Å². The van der Waals surface area contributed by atoms with E-state index in [2.05, 4.69) is 20.4 Å². The second kappa shape index (κ2) is 5.53. The van der Waals surface area contributed by atoms with Gasteiger partial charge in [-0.15, -0.1) is 0 Å². The summed E-state index contributed by atoms with van der Waals surface area (Å²) in [7, 11) is 0. The molecular formula is C14H17N5O3. The first-order chi connectivity index (χ1) is 10.8. The van der Waals surface area contributed by atoms with Crippen LogP contribution in [0, 0.1) is 0 Å². The van der Waals surface area contributed by atoms with Gasteiger partial charge in [-0.1, -0.05) is 0 Å². The Morgan fingerprint density at radius 3 is 3.00 bits per heavy atom. The SMILES string of the molecule is O=C(c1cn[nH]n1)N1CCc2oc(C3CCOCC3)nc2C1. The van der Waals surface area contributed by atoms with E-state index in [1.165, 1.54) is 6.20 Å². The predicted octanol–water partition coefficient (Wildman–Crippen LogP) is 0.885. The second-order valence-corrected chi connectivity index (χ2v) is 5.64. The molecule has 8 nitrogen and oxygen atoms in total. The molecule has 0 aromatic carbocycles. The zero-order valence-electron chi connectivity index (χ0n) is 12.1. The maximum absolute atomic E-state index is 12.3. The lowest BCUT2D eigenvalue weighted by molar-refractivity contribution is 0.0720. The van der Waals surface area contributed by atoms with E-state index in [9.17, 15) is 4.79 Å². The monoisotopic (exact) mass is 303 g/mol. The van der Waals surface area contributed by atoms with E-state index in [0.29, 0.717) is 31.1 Å². The van der Waals surface area contributed by atoms with Gasteiger partial charge in [-0.05, 0) is 12.8 Å². The molecule has 0 unspecified atom stereocenters. The highest BCUT2D eigenvalue weighted by atomic mass is 16.5. The van der Waals surface area contributed by atoms with Crippen molar-refractivity contribution in [2.75, 3.05) is 19.8 Å². The van der Waals surface area contributed by atoms with Gasteiger partial charge in [-0.3, -0.25) is 4.79 Å². The molecule has 2 aliphatic rings. The third-order valence-electron chi connectivity index (χ3n) is 4.24. The molecule has 0 bridgehead atoms. The minimum Gasteiger partial charge on any atom is -0.445 e. The van der Waals surface area contributed by atoms with E-state index in [4.69, 9.17) is 9.15 Å². The number of H-pyrrole nitrogens is 1. The van der Waals surface area contributed by atoms with Crippen molar-refractivity contribution in [2.24, 2.45) is 0 Å². The van der Waals surface area contributed by atoms with Crippen LogP contribution in [0.2, 0.25) is 0 Å². The van der Waals surface area contributed by atoms with Crippen molar-refractivity contribution in [3.63, 3.8) is 0 Å². The number of fused-ring (bicyclic) bond motifs is 1. The Morgan fingerprint density at radius 2 is 2.23 bits per heavy atom. The molecule has 116 valence electrons. The van der Waals surface area contributed by atoms with E-state index < -0.39 is 0 Å². The Bertz CT molecular complexity index is 660. The van der Waals surface area contributed by atoms with Crippen LogP contribution in [0.5, 0.6) is 0 Å². The van der Waals surface area contributed by atoms with Crippen LogP contribution in [0.15, 0.2) is 10.6 Å². The first-order valence-electron chi connectivity index (χ1n) is 7.52. The summed E-state index contributed by atoms with van der Waals surface area (Å²) in [4.78, 5) is 18.7. The molecule has 4 heterocycles. The van der Waals surface area contributed by atoms with E-state index in [-0.39, 0.29) is 5.91 Å². The van der Waals surface area contributed by atoms with Crippen LogP contribution < -0.4 is 0 Å². The molecule has 8 heteroatoms. The number of hydrogen-bond donors (Lipinski definition) is 1. The zero-order chi connectivity index (χ0) is 14.9. The van der Waals surface area contributed by atoms with Gasteiger partial charge in [0.15, 0.2) is 11.6 Å². The summed E-state index contributed by atoms with van der Waals surface area (Å²) >= 11 is 0. The quantitative estimate of drug-likeness (QED) is 0.884. The molecular weight excluding hydrogens is 286 g/mol. The lowest BCUT2D eigenvalue weighted by Gasteiger charge is -2.24. The standard InChI is InChI=1S/C14H17N5O3/c20-14(10-7-15-18-17-10)19-4-1-12-11(8-19)16-13(22-12)9-2-5-21-6-3-9/h7,9H,1-6,8H2,(H,15,17,18). The average molecular weight is 303 g/mol. The number of carbonyl (C=O) groups is 1. The Kier molecular flexibility index (Phi) is 3.38. The average Bonchev–Trinajstić information content (AvgIpc) is 3.23. The van der Waals surface area contributed by atoms with Crippen LogP contribution in [0.1, 0.15) is 46.6 Å². The van der Waals surface area contributed by atoms with Gasteiger partial charge in [0.25, 0.3) is 5.91 Å². The van der Waals surface area contributed by atoms with Crippen molar-refractivity contribution in [1.29, 1.82) is 0 Å². The summed E-state index contributed by atoms with van der Waals surface area (Å²) in [6.07, 6.45) is 4.02. The summed E-state index contributed by atoms with van der Waals surface area (Å²) in [5.74, 6) is 1.91. The van der Waals surface area contributed by atoms with Crippen molar-refractivity contribution < 1.29 is 13.9 Å². The van der Waals surface area contributed by atoms with Gasteiger partial charge in [0.2, 0.25) is 0 Å². The van der Waals surface area contributed by atoms with Gasteiger partial charge < -0.3 is 14.1 Å². The van der Waals surface area contributed by atoms with E-state index >= 15 is 0 Å². The van der Waals surface area contributed by atoms with Crippen molar-refractivity contribution in [1.82, 2.24) is 25.3 Å². The Morgan fingerprint density at radius 1 is 1.36 bits per heavy atom. The van der Waals surface area contributed by atoms with Gasteiger partial charge in [-0.2, -0.15) is 15.4 Å². The van der Waals surface area contributed by atoms with Gasteiger partial charge in [0.05, 0.1) is 12.7 Å². The van der Waals surface area contributed by atoms with Crippen molar-refractivity contribution in [3.8, 4) is 0 Å². The molecule has 2 aromatic rings. The van der Waals surface area contributed by atoms with E-state index in [1.54, 1.807) is 4.90 Å². The summed E-state index contributed by atoms with van der Waals surface area (Å²) in [5.41, 5.74) is 1.20. The van der Waals surface area contributed by atoms with Crippen molar-refractivity contribution in [3.05, 3.63) is 29.2 Å². The van der Waals surface area contributed by atoms with Gasteiger partial charge in [-0.25, -0.2) is 4.98 Å². The molecule has 4 rings (SSSR count). The molecule has 2 aliphatic heterocycles. The molecule has 0 spiro atoms. The van der Waals surface area contributed by atoms with Crippen LogP contribution >= 0.6 is 0 Å². The minimum atomic E-state index is -0.130. The minimum absolute atomic E-state index is 0.130. The zero-order valence-corrected chi connectivity index (χ0v) is 12.1. The molecule has 1 saturated heterocycles. The highest BCUT2D eigenvalue weighted by molar-refractivity contribution is 5.91. The van der Waals surface area contributed by atoms with Crippen LogP contribution in [-0.4, -0.2) is 51.0 Å². The fraction of sp³-hybridized carbons (Fsp3) is 0.571. The normalized spacial score (nSPS) is 19.2. The molecule has 0 saturated carbocycles. The van der Waals surface area contributed by atoms with Crippen LogP contribution in [0.3, 0.4) is 0 Å². The first-order valence-corrected chi connectivity index (χ1v) is 7.52. The number of aromatic nitrogens is 4. The summed E-state index contributed by atoms with van der Waals surface area (Å²) < 4.78 is 11.3. The number of amides is 1. The fourth-order valence-corrected chi connectivity index (χ4v) is 2.98. The molecule has 1 fully saturated rings. The van der Waals surface area contributed by atoms with Crippen LogP contribution in [0.4, 0.5) is 0 Å². The molecule has 0 atom stereocenters. The summed E-state index contributed by atoms with van der Waals surface area (Å²) in [6, 6.07) is 0. The van der Waals surface area contributed by atoms with E-state index in [1.807, 2.05) is 0 Å². The third kappa shape index (κ3) is 2.39. The maximum atomic E-state index is 12.3. The Hall–Kier alpha value is -2.22. The Labute approximate surface area is 126 Å². The molecule has 0 radical (unpaired) electrons.